The summed E-state index contributed by atoms with van der Waals surface area (Å²) in [6.07, 6.45) is 3.99. The van der Waals surface area contributed by atoms with E-state index in [1.54, 1.807) is 11.3 Å². The van der Waals surface area contributed by atoms with E-state index in [2.05, 4.69) is 38.9 Å². The number of rotatable bonds is 3. The van der Waals surface area contributed by atoms with Gasteiger partial charge in [-0.05, 0) is 46.2 Å². The molecular weight excluding hydrogens is 294 g/mol. The van der Waals surface area contributed by atoms with E-state index >= 15 is 0 Å². The molecule has 1 aromatic heterocycles. The van der Waals surface area contributed by atoms with Crippen LogP contribution in [0.4, 0.5) is 0 Å². The smallest absolute Gasteiger partial charge is 0.194 e. The number of aromatic nitrogens is 1. The maximum atomic E-state index is 4.60. The molecule has 6 heteroatoms. The van der Waals surface area contributed by atoms with Crippen molar-refractivity contribution in [2.45, 2.75) is 45.7 Å². The first-order valence-electron chi connectivity index (χ1n) is 8.30. The first-order valence-corrected chi connectivity index (χ1v) is 9.11. The van der Waals surface area contributed by atoms with Gasteiger partial charge in [-0.25, -0.2) is 4.98 Å². The molecule has 5 nitrogen and oxygen atoms in total. The first kappa shape index (κ1) is 15.7. The summed E-state index contributed by atoms with van der Waals surface area (Å²) in [5, 5.41) is 4.63. The highest BCUT2D eigenvalue weighted by Crippen LogP contribution is 2.21. The van der Waals surface area contributed by atoms with E-state index in [1.807, 2.05) is 7.05 Å². The summed E-state index contributed by atoms with van der Waals surface area (Å²) in [6, 6.07) is 0.713. The molecule has 0 aromatic carbocycles. The molecule has 0 amide bonds. The molecule has 1 atom stereocenters. The molecule has 2 fully saturated rings. The Kier molecular flexibility index (Phi) is 4.98. The van der Waals surface area contributed by atoms with E-state index in [0.717, 1.165) is 36.3 Å². The maximum Gasteiger partial charge on any atom is 0.194 e. The Morgan fingerprint density at radius 1 is 1.32 bits per heavy atom. The number of nitrogens with zero attached hydrogens (tertiary/aromatic N) is 4. The van der Waals surface area contributed by atoms with Crippen LogP contribution in [0.3, 0.4) is 0 Å². The van der Waals surface area contributed by atoms with Crippen LogP contribution in [-0.2, 0) is 6.54 Å². The third-order valence-electron chi connectivity index (χ3n) is 4.80. The molecule has 1 aromatic rings. The highest BCUT2D eigenvalue weighted by Gasteiger charge is 2.30. The molecule has 3 rings (SSSR count). The highest BCUT2D eigenvalue weighted by molar-refractivity contribution is 7.11. The normalized spacial score (nSPS) is 23.5. The number of hydrogen-bond donors (Lipinski definition) is 1. The third kappa shape index (κ3) is 3.43. The van der Waals surface area contributed by atoms with Gasteiger partial charge in [0, 0.05) is 31.1 Å². The lowest BCUT2D eigenvalue weighted by molar-refractivity contribution is 0.249. The van der Waals surface area contributed by atoms with Crippen molar-refractivity contribution in [3.05, 3.63) is 15.6 Å². The molecule has 1 unspecified atom stereocenters. The van der Waals surface area contributed by atoms with E-state index in [-0.39, 0.29) is 0 Å². The fourth-order valence-electron chi connectivity index (χ4n) is 3.44. The van der Waals surface area contributed by atoms with Crippen molar-refractivity contribution in [2.24, 2.45) is 4.99 Å². The van der Waals surface area contributed by atoms with Crippen molar-refractivity contribution in [3.63, 3.8) is 0 Å². The summed E-state index contributed by atoms with van der Waals surface area (Å²) < 4.78 is 0. The van der Waals surface area contributed by atoms with E-state index in [4.69, 9.17) is 0 Å². The molecule has 0 saturated carbocycles. The Labute approximate surface area is 137 Å². The van der Waals surface area contributed by atoms with Crippen molar-refractivity contribution < 1.29 is 0 Å². The Morgan fingerprint density at radius 2 is 2.09 bits per heavy atom. The maximum absolute atomic E-state index is 4.60. The van der Waals surface area contributed by atoms with Gasteiger partial charge in [0.05, 0.1) is 12.2 Å². The second kappa shape index (κ2) is 6.96. The summed E-state index contributed by atoms with van der Waals surface area (Å²) in [6.45, 7) is 9.76. The molecular formula is C16H27N5S. The molecule has 2 aliphatic heterocycles. The van der Waals surface area contributed by atoms with Crippen LogP contribution < -0.4 is 5.32 Å². The zero-order chi connectivity index (χ0) is 15.5. The second-order valence-corrected chi connectivity index (χ2v) is 7.57. The molecule has 22 heavy (non-hydrogen) atoms. The van der Waals surface area contributed by atoms with E-state index in [9.17, 15) is 0 Å². The zero-order valence-corrected chi connectivity index (χ0v) is 14.7. The van der Waals surface area contributed by atoms with E-state index in [0.29, 0.717) is 6.04 Å². The number of thiazole rings is 1. The lowest BCUT2D eigenvalue weighted by atomic mass is 10.2. The Morgan fingerprint density at radius 3 is 2.73 bits per heavy atom. The van der Waals surface area contributed by atoms with Crippen LogP contribution >= 0.6 is 11.3 Å². The van der Waals surface area contributed by atoms with Crippen LogP contribution in [-0.4, -0.2) is 60.0 Å². The van der Waals surface area contributed by atoms with Crippen molar-refractivity contribution >= 4 is 17.3 Å². The SMILES string of the molecule is CN=C(NCc1nc(C)c(C)s1)N1CCC(N2CCCC2)C1. The topological polar surface area (TPSA) is 43.8 Å². The number of nitrogens with one attached hydrogen (secondary N) is 1. The Balaban J connectivity index is 1.53. The van der Waals surface area contributed by atoms with Crippen LogP contribution in [0.5, 0.6) is 0 Å². The van der Waals surface area contributed by atoms with Gasteiger partial charge in [0.2, 0.25) is 0 Å². The quantitative estimate of drug-likeness (QED) is 0.683. The molecule has 0 aliphatic carbocycles. The molecule has 122 valence electrons. The molecule has 0 bridgehead atoms. The third-order valence-corrected chi connectivity index (χ3v) is 5.88. The van der Waals surface area contributed by atoms with Gasteiger partial charge in [-0.1, -0.05) is 0 Å². The standard InChI is InChI=1S/C16H27N5S/c1-12-13(2)22-15(19-12)10-18-16(17-3)21-9-6-14(11-21)20-7-4-5-8-20/h14H,4-11H2,1-3H3,(H,17,18). The molecule has 0 spiro atoms. The van der Waals surface area contributed by atoms with Gasteiger partial charge < -0.3 is 10.2 Å². The summed E-state index contributed by atoms with van der Waals surface area (Å²) in [5.74, 6) is 1.02. The fraction of sp³-hybridized carbons (Fsp3) is 0.750. The second-order valence-electron chi connectivity index (χ2n) is 6.28. The average Bonchev–Trinajstić information content (AvgIpc) is 3.22. The number of guanidine groups is 1. The van der Waals surface area contributed by atoms with Gasteiger partial charge in [-0.3, -0.25) is 9.89 Å². The van der Waals surface area contributed by atoms with Gasteiger partial charge in [0.15, 0.2) is 5.96 Å². The van der Waals surface area contributed by atoms with Crippen LogP contribution in [0.15, 0.2) is 4.99 Å². The minimum absolute atomic E-state index is 0.713. The lowest BCUT2D eigenvalue weighted by Gasteiger charge is -2.25. The molecule has 2 saturated heterocycles. The largest absolute Gasteiger partial charge is 0.350 e. The summed E-state index contributed by atoms with van der Waals surface area (Å²) in [5.41, 5.74) is 1.15. The number of aryl methyl sites for hydroxylation is 2. The average molecular weight is 321 g/mol. The van der Waals surface area contributed by atoms with Crippen LogP contribution in [0.1, 0.15) is 34.8 Å². The van der Waals surface area contributed by atoms with Crippen molar-refractivity contribution in [3.8, 4) is 0 Å². The summed E-state index contributed by atoms with van der Waals surface area (Å²) in [4.78, 5) is 15.4. The Hall–Kier alpha value is -1.14. The van der Waals surface area contributed by atoms with Gasteiger partial charge in [-0.2, -0.15) is 0 Å². The van der Waals surface area contributed by atoms with Gasteiger partial charge in [0.1, 0.15) is 5.01 Å². The minimum Gasteiger partial charge on any atom is -0.350 e. The number of likely N-dealkylation sites (tertiary alicyclic amines) is 2. The fourth-order valence-corrected chi connectivity index (χ4v) is 4.31. The van der Waals surface area contributed by atoms with Crippen molar-refractivity contribution in [2.75, 3.05) is 33.2 Å². The lowest BCUT2D eigenvalue weighted by Crippen LogP contribution is -2.42. The molecule has 3 heterocycles. The van der Waals surface area contributed by atoms with Gasteiger partial charge in [-0.15, -0.1) is 11.3 Å². The predicted molar refractivity (Wildman–Crippen MR) is 92.6 cm³/mol. The van der Waals surface area contributed by atoms with Crippen LogP contribution in [0, 0.1) is 13.8 Å². The highest BCUT2D eigenvalue weighted by atomic mass is 32.1. The minimum atomic E-state index is 0.713. The zero-order valence-electron chi connectivity index (χ0n) is 13.9. The van der Waals surface area contributed by atoms with Crippen LogP contribution in [0.2, 0.25) is 0 Å². The summed E-state index contributed by atoms with van der Waals surface area (Å²) >= 11 is 1.77. The summed E-state index contributed by atoms with van der Waals surface area (Å²) in [7, 11) is 1.88. The first-order chi connectivity index (χ1) is 10.7. The van der Waals surface area contributed by atoms with Crippen molar-refractivity contribution in [1.82, 2.24) is 20.1 Å². The monoisotopic (exact) mass is 321 g/mol. The van der Waals surface area contributed by atoms with E-state index < -0.39 is 0 Å². The van der Waals surface area contributed by atoms with Gasteiger partial charge in [0.25, 0.3) is 0 Å². The van der Waals surface area contributed by atoms with Crippen LogP contribution in [0.25, 0.3) is 0 Å². The number of hydrogen-bond acceptors (Lipinski definition) is 4. The predicted octanol–water partition coefficient (Wildman–Crippen LogP) is 2.01. The molecule has 1 N–H and O–H groups in total. The van der Waals surface area contributed by atoms with Gasteiger partial charge >= 0.3 is 0 Å². The molecule has 2 aliphatic rings. The molecule has 0 radical (unpaired) electrons. The number of aliphatic imine (C=N–C) groups is 1. The van der Waals surface area contributed by atoms with E-state index in [1.165, 1.54) is 37.2 Å². The Bertz CT molecular complexity index is 513. The van der Waals surface area contributed by atoms with Crippen molar-refractivity contribution in [1.29, 1.82) is 0 Å².